The van der Waals surface area contributed by atoms with Gasteiger partial charge in [0.25, 0.3) is 5.91 Å². The van der Waals surface area contributed by atoms with E-state index in [1.54, 1.807) is 12.1 Å². The van der Waals surface area contributed by atoms with E-state index in [9.17, 15) is 13.6 Å². The first-order valence-electron chi connectivity index (χ1n) is 8.82. The molecule has 0 fully saturated rings. The molecule has 1 aliphatic heterocycles. The van der Waals surface area contributed by atoms with Crippen molar-refractivity contribution in [2.24, 2.45) is 0 Å². The molecule has 4 nitrogen and oxygen atoms in total. The Morgan fingerprint density at radius 3 is 2.75 bits per heavy atom. The van der Waals surface area contributed by atoms with Crippen molar-refractivity contribution >= 4 is 17.5 Å². The third-order valence-corrected chi connectivity index (χ3v) is 5.02. The zero-order valence-electron chi connectivity index (χ0n) is 14.8. The number of alkyl halides is 2. The summed E-state index contributed by atoms with van der Waals surface area (Å²) in [7, 11) is 0. The van der Waals surface area contributed by atoms with Crippen molar-refractivity contribution in [2.45, 2.75) is 25.5 Å². The Bertz CT molecular complexity index is 1020. The number of hydrogen-bond acceptors (Lipinski definition) is 2. The zero-order chi connectivity index (χ0) is 19.7. The van der Waals surface area contributed by atoms with Crippen LogP contribution in [0, 0.1) is 0 Å². The summed E-state index contributed by atoms with van der Waals surface area (Å²) in [5.74, 6) is -0.188. The van der Waals surface area contributed by atoms with Crippen molar-refractivity contribution < 1.29 is 18.3 Å². The van der Waals surface area contributed by atoms with Crippen molar-refractivity contribution in [3.05, 3.63) is 82.6 Å². The van der Waals surface area contributed by atoms with Crippen LogP contribution in [-0.4, -0.2) is 16.6 Å². The number of halogens is 3. The number of rotatable bonds is 4. The van der Waals surface area contributed by atoms with Crippen molar-refractivity contribution in [3.8, 4) is 11.4 Å². The minimum Gasteiger partial charge on any atom is -0.432 e. The lowest BCUT2D eigenvalue weighted by atomic mass is 10.0. The van der Waals surface area contributed by atoms with Gasteiger partial charge in [-0.2, -0.15) is 8.78 Å². The van der Waals surface area contributed by atoms with Crippen LogP contribution in [-0.2, 0) is 13.0 Å². The van der Waals surface area contributed by atoms with Crippen molar-refractivity contribution in [2.75, 3.05) is 0 Å². The van der Waals surface area contributed by atoms with Crippen molar-refractivity contribution in [3.63, 3.8) is 0 Å². The normalized spacial score (nSPS) is 14.8. The van der Waals surface area contributed by atoms with Gasteiger partial charge in [-0.15, -0.1) is 0 Å². The Balaban J connectivity index is 1.52. The highest BCUT2D eigenvalue weighted by molar-refractivity contribution is 6.31. The molecule has 144 valence electrons. The van der Waals surface area contributed by atoms with E-state index in [1.165, 1.54) is 12.1 Å². The van der Waals surface area contributed by atoms with E-state index in [0.29, 0.717) is 16.1 Å². The summed E-state index contributed by atoms with van der Waals surface area (Å²) >= 11 is 6.35. The molecule has 1 aliphatic rings. The third-order valence-electron chi connectivity index (χ3n) is 4.67. The Morgan fingerprint density at radius 1 is 1.18 bits per heavy atom. The van der Waals surface area contributed by atoms with E-state index < -0.39 is 12.5 Å². The summed E-state index contributed by atoms with van der Waals surface area (Å²) in [4.78, 5) is 12.6. The van der Waals surface area contributed by atoms with Gasteiger partial charge in [0.2, 0.25) is 0 Å². The first-order chi connectivity index (χ1) is 13.4. The maximum atomic E-state index is 13.3. The molecule has 28 heavy (non-hydrogen) atoms. The molecular formula is C21H17ClF2N2O2. The second kappa shape index (κ2) is 7.28. The number of nitrogens with zero attached hydrogens (tertiary/aromatic N) is 1. The molecule has 2 aromatic carbocycles. The molecule has 7 heteroatoms. The van der Waals surface area contributed by atoms with E-state index in [0.717, 1.165) is 11.3 Å². The minimum atomic E-state index is -3.16. The minimum absolute atomic E-state index is 0.119. The predicted molar refractivity (Wildman–Crippen MR) is 102 cm³/mol. The lowest BCUT2D eigenvalue weighted by Crippen LogP contribution is -2.30. The van der Waals surface area contributed by atoms with Crippen LogP contribution >= 0.6 is 11.6 Å². The molecule has 0 radical (unpaired) electrons. The summed E-state index contributed by atoms with van der Waals surface area (Å²) in [5, 5.41) is 3.40. The molecule has 3 aromatic rings. The fraction of sp³-hybridized carbons (Fsp3) is 0.190. The monoisotopic (exact) mass is 402 g/mol. The first-order valence-corrected chi connectivity index (χ1v) is 9.19. The van der Waals surface area contributed by atoms with E-state index in [2.05, 4.69) is 10.1 Å². The Morgan fingerprint density at radius 2 is 1.96 bits per heavy atom. The number of amides is 1. The van der Waals surface area contributed by atoms with Gasteiger partial charge < -0.3 is 14.6 Å². The molecule has 0 atom stereocenters. The quantitative estimate of drug-likeness (QED) is 0.669. The first kappa shape index (κ1) is 18.5. The molecular weight excluding hydrogens is 386 g/mol. The lowest BCUT2D eigenvalue weighted by molar-refractivity contribution is -0.187. The number of fused-ring (bicyclic) bond motifs is 1. The molecule has 0 unspecified atom stereocenters. The SMILES string of the molecule is O=C(NCc1c(Cl)cccc1-n1cccc1)c1ccc2c(c1)CCC(F)(F)O2. The highest BCUT2D eigenvalue weighted by atomic mass is 35.5. The highest BCUT2D eigenvalue weighted by Crippen LogP contribution is 2.35. The Kier molecular flexibility index (Phi) is 4.81. The van der Waals surface area contributed by atoms with Crippen LogP contribution in [0.4, 0.5) is 8.78 Å². The summed E-state index contributed by atoms with van der Waals surface area (Å²) in [6.45, 7) is 0.234. The van der Waals surface area contributed by atoms with Crippen LogP contribution in [0.25, 0.3) is 5.69 Å². The molecule has 0 bridgehead atoms. The molecule has 1 amide bonds. The van der Waals surface area contributed by atoms with Gasteiger partial charge >= 0.3 is 6.11 Å². The van der Waals surface area contributed by atoms with Gasteiger partial charge in [-0.1, -0.05) is 17.7 Å². The number of benzene rings is 2. The van der Waals surface area contributed by atoms with Crippen LogP contribution in [0.15, 0.2) is 60.9 Å². The van der Waals surface area contributed by atoms with Crippen molar-refractivity contribution in [1.29, 1.82) is 0 Å². The van der Waals surface area contributed by atoms with Gasteiger partial charge in [-0.3, -0.25) is 4.79 Å². The maximum absolute atomic E-state index is 13.3. The standard InChI is InChI=1S/C21H17ClF2N2O2/c22-17-4-3-5-18(26-10-1-2-11-26)16(17)13-25-20(27)15-6-7-19-14(12-15)8-9-21(23,24)28-19/h1-7,10-12H,8-9,13H2,(H,25,27). The molecule has 2 heterocycles. The third kappa shape index (κ3) is 3.73. The topological polar surface area (TPSA) is 43.3 Å². The van der Waals surface area contributed by atoms with Crippen molar-refractivity contribution in [1.82, 2.24) is 9.88 Å². The van der Waals surface area contributed by atoms with Crippen LogP contribution in [0.2, 0.25) is 5.02 Å². The molecule has 1 aromatic heterocycles. The van der Waals surface area contributed by atoms with Gasteiger partial charge in [0, 0.05) is 35.1 Å². The lowest BCUT2D eigenvalue weighted by Gasteiger charge is -2.25. The van der Waals surface area contributed by atoms with Crippen LogP contribution in [0.5, 0.6) is 5.75 Å². The van der Waals surface area contributed by atoms with Gasteiger partial charge in [-0.05, 0) is 54.4 Å². The number of aryl methyl sites for hydroxylation is 1. The van der Waals surface area contributed by atoms with E-state index in [1.807, 2.05) is 41.2 Å². The number of hydrogen-bond donors (Lipinski definition) is 1. The number of carbonyl (C=O) groups excluding carboxylic acids is 1. The fourth-order valence-electron chi connectivity index (χ4n) is 3.24. The Hall–Kier alpha value is -2.86. The average molecular weight is 403 g/mol. The summed E-state index contributed by atoms with van der Waals surface area (Å²) < 4.78 is 33.2. The predicted octanol–water partition coefficient (Wildman–Crippen LogP) is 4.98. The fourth-order valence-corrected chi connectivity index (χ4v) is 3.47. The molecule has 0 saturated carbocycles. The average Bonchev–Trinajstić information content (AvgIpc) is 3.20. The molecule has 4 rings (SSSR count). The number of nitrogens with one attached hydrogen (secondary N) is 1. The van der Waals surface area contributed by atoms with E-state index >= 15 is 0 Å². The Labute approximate surface area is 165 Å². The van der Waals surface area contributed by atoms with E-state index in [4.69, 9.17) is 11.6 Å². The summed E-state index contributed by atoms with van der Waals surface area (Å²) in [5.41, 5.74) is 2.65. The summed E-state index contributed by atoms with van der Waals surface area (Å²) in [6, 6.07) is 13.8. The molecule has 0 saturated heterocycles. The van der Waals surface area contributed by atoms with Gasteiger partial charge in [-0.25, -0.2) is 0 Å². The van der Waals surface area contributed by atoms with Gasteiger partial charge in [0.1, 0.15) is 5.75 Å². The zero-order valence-corrected chi connectivity index (χ0v) is 15.5. The van der Waals surface area contributed by atoms with Crippen LogP contribution in [0.3, 0.4) is 0 Å². The summed E-state index contributed by atoms with van der Waals surface area (Å²) in [6.07, 6.45) is 0.402. The molecule has 0 aliphatic carbocycles. The van der Waals surface area contributed by atoms with Gasteiger partial charge in [0.15, 0.2) is 0 Å². The highest BCUT2D eigenvalue weighted by Gasteiger charge is 2.36. The van der Waals surface area contributed by atoms with Crippen LogP contribution in [0.1, 0.15) is 27.9 Å². The molecule has 0 spiro atoms. The number of aromatic nitrogens is 1. The van der Waals surface area contributed by atoms with Crippen LogP contribution < -0.4 is 10.1 Å². The van der Waals surface area contributed by atoms with Gasteiger partial charge in [0.05, 0.1) is 12.1 Å². The largest absolute Gasteiger partial charge is 0.432 e. The second-order valence-electron chi connectivity index (χ2n) is 6.57. The number of ether oxygens (including phenoxy) is 1. The molecule has 1 N–H and O–H groups in total. The number of carbonyl (C=O) groups is 1. The maximum Gasteiger partial charge on any atom is 0.398 e. The smallest absolute Gasteiger partial charge is 0.398 e. The second-order valence-corrected chi connectivity index (χ2v) is 6.98. The van der Waals surface area contributed by atoms with E-state index in [-0.39, 0.29) is 24.6 Å².